The summed E-state index contributed by atoms with van der Waals surface area (Å²) in [5, 5.41) is 0. The molecule has 0 fully saturated rings. The highest BCUT2D eigenvalue weighted by atomic mass is 16.6. The Labute approximate surface area is 107 Å². The Morgan fingerprint density at radius 3 is 3.11 bits per heavy atom. The summed E-state index contributed by atoms with van der Waals surface area (Å²) in [5.74, 6) is -0.257. The Bertz CT molecular complexity index is 469. The zero-order valence-electron chi connectivity index (χ0n) is 10.8. The van der Waals surface area contributed by atoms with E-state index in [9.17, 15) is 4.79 Å². The summed E-state index contributed by atoms with van der Waals surface area (Å²) in [6, 6.07) is 6.28. The van der Waals surface area contributed by atoms with E-state index in [1.165, 1.54) is 30.9 Å². The smallest absolute Gasteiger partial charge is 0.267 e. The predicted octanol–water partition coefficient (Wildman–Crippen LogP) is 1.76. The summed E-state index contributed by atoms with van der Waals surface area (Å²) in [6.45, 7) is 1.11. The third-order valence-electron chi connectivity index (χ3n) is 3.08. The summed E-state index contributed by atoms with van der Waals surface area (Å²) < 4.78 is 0. The topological polar surface area (TPSA) is 41.6 Å². The monoisotopic (exact) mass is 246 g/mol. The van der Waals surface area contributed by atoms with Gasteiger partial charge in [-0.1, -0.05) is 6.07 Å². The lowest BCUT2D eigenvalue weighted by molar-refractivity contribution is -0.126. The van der Waals surface area contributed by atoms with Crippen LogP contribution in [0, 0.1) is 0 Å². The van der Waals surface area contributed by atoms with Crippen LogP contribution in [0.3, 0.4) is 0 Å². The van der Waals surface area contributed by atoms with Crippen molar-refractivity contribution in [3.8, 4) is 0 Å². The van der Waals surface area contributed by atoms with Gasteiger partial charge in [-0.3, -0.25) is 9.63 Å². The summed E-state index contributed by atoms with van der Waals surface area (Å²) in [7, 11) is 3.53. The molecule has 1 aromatic carbocycles. The van der Waals surface area contributed by atoms with E-state index in [-0.39, 0.29) is 5.91 Å². The van der Waals surface area contributed by atoms with Gasteiger partial charge in [0.25, 0.3) is 5.91 Å². The molecular weight excluding hydrogens is 228 g/mol. The van der Waals surface area contributed by atoms with E-state index < -0.39 is 0 Å². The number of hydrogen-bond acceptors (Lipinski definition) is 3. The number of carbonyl (C=O) groups excluding carboxylic acids is 1. The van der Waals surface area contributed by atoms with E-state index in [4.69, 9.17) is 0 Å². The Hall–Kier alpha value is -1.81. The predicted molar refractivity (Wildman–Crippen MR) is 72.2 cm³/mol. The van der Waals surface area contributed by atoms with Gasteiger partial charge in [0.15, 0.2) is 0 Å². The molecule has 18 heavy (non-hydrogen) atoms. The van der Waals surface area contributed by atoms with Gasteiger partial charge >= 0.3 is 0 Å². The number of nitrogens with one attached hydrogen (secondary N) is 1. The first-order chi connectivity index (χ1) is 8.70. The van der Waals surface area contributed by atoms with Crippen molar-refractivity contribution in [3.05, 3.63) is 35.4 Å². The Kier molecular flexibility index (Phi) is 3.99. The van der Waals surface area contributed by atoms with E-state index in [1.54, 1.807) is 6.08 Å². The molecule has 0 radical (unpaired) electrons. The normalized spacial score (nSPS) is 14.7. The lowest BCUT2D eigenvalue weighted by atomic mass is 9.99. The fraction of sp³-hybridized carbons (Fsp3) is 0.357. The van der Waals surface area contributed by atoms with Gasteiger partial charge in [-0.15, -0.1) is 0 Å². The number of hydroxylamine groups is 1. The van der Waals surface area contributed by atoms with Crippen molar-refractivity contribution in [1.82, 2.24) is 5.48 Å². The van der Waals surface area contributed by atoms with Gasteiger partial charge in [0.1, 0.15) is 0 Å². The maximum absolute atomic E-state index is 11.2. The first-order valence-corrected chi connectivity index (χ1v) is 6.06. The molecule has 1 aliphatic heterocycles. The van der Waals surface area contributed by atoms with Crippen LogP contribution in [0.1, 0.15) is 17.5 Å². The molecule has 1 amide bonds. The molecular formula is C14H18N2O2. The van der Waals surface area contributed by atoms with Gasteiger partial charge < -0.3 is 4.90 Å². The minimum atomic E-state index is -0.257. The molecule has 0 aromatic heterocycles. The number of benzene rings is 1. The second-order valence-electron chi connectivity index (χ2n) is 4.42. The van der Waals surface area contributed by atoms with Crippen molar-refractivity contribution in [2.45, 2.75) is 12.8 Å². The molecule has 1 aromatic rings. The molecule has 96 valence electrons. The number of carbonyl (C=O) groups is 1. The van der Waals surface area contributed by atoms with Gasteiger partial charge in [0.05, 0.1) is 7.11 Å². The fourth-order valence-electron chi connectivity index (χ4n) is 2.22. The molecule has 0 saturated carbocycles. The van der Waals surface area contributed by atoms with Crippen LogP contribution in [0.15, 0.2) is 24.3 Å². The number of amides is 1. The van der Waals surface area contributed by atoms with Gasteiger partial charge in [-0.2, -0.15) is 0 Å². The van der Waals surface area contributed by atoms with Crippen molar-refractivity contribution < 1.29 is 9.63 Å². The van der Waals surface area contributed by atoms with Crippen LogP contribution in [-0.2, 0) is 16.1 Å². The van der Waals surface area contributed by atoms with Gasteiger partial charge in [-0.25, -0.2) is 5.48 Å². The zero-order valence-corrected chi connectivity index (χ0v) is 10.8. The maximum Gasteiger partial charge on any atom is 0.267 e. The average Bonchev–Trinajstić information content (AvgIpc) is 2.37. The number of aryl methyl sites for hydroxylation is 1. The summed E-state index contributed by atoms with van der Waals surface area (Å²) in [5.41, 5.74) is 5.93. The highest BCUT2D eigenvalue weighted by Crippen LogP contribution is 2.27. The molecule has 0 atom stereocenters. The molecule has 4 heteroatoms. The number of hydrogen-bond donors (Lipinski definition) is 1. The molecule has 1 N–H and O–H groups in total. The second-order valence-corrected chi connectivity index (χ2v) is 4.42. The largest absolute Gasteiger partial charge is 0.374 e. The fourth-order valence-corrected chi connectivity index (χ4v) is 2.22. The Morgan fingerprint density at radius 1 is 1.50 bits per heavy atom. The Morgan fingerprint density at radius 2 is 2.33 bits per heavy atom. The molecule has 1 heterocycles. The minimum Gasteiger partial charge on any atom is -0.374 e. The quantitative estimate of drug-likeness (QED) is 0.652. The summed E-state index contributed by atoms with van der Waals surface area (Å²) >= 11 is 0. The SMILES string of the molecule is CONC(=O)C=Cc1ccc2c(c1)CCCN2C. The van der Waals surface area contributed by atoms with E-state index >= 15 is 0 Å². The van der Waals surface area contributed by atoms with Gasteiger partial charge in [0.2, 0.25) is 0 Å². The molecule has 0 bridgehead atoms. The van der Waals surface area contributed by atoms with Crippen molar-refractivity contribution in [1.29, 1.82) is 0 Å². The molecule has 0 spiro atoms. The summed E-state index contributed by atoms with van der Waals surface area (Å²) in [4.78, 5) is 18.0. The van der Waals surface area contributed by atoms with E-state index in [2.05, 4.69) is 34.4 Å². The van der Waals surface area contributed by atoms with Crippen LogP contribution < -0.4 is 10.4 Å². The lowest BCUT2D eigenvalue weighted by Gasteiger charge is -2.27. The molecule has 0 saturated heterocycles. The van der Waals surface area contributed by atoms with Crippen LogP contribution >= 0.6 is 0 Å². The molecule has 2 rings (SSSR count). The van der Waals surface area contributed by atoms with Crippen molar-refractivity contribution in [3.63, 3.8) is 0 Å². The van der Waals surface area contributed by atoms with Gasteiger partial charge in [0, 0.05) is 25.4 Å². The van der Waals surface area contributed by atoms with Gasteiger partial charge in [-0.05, 0) is 42.2 Å². The third-order valence-corrected chi connectivity index (χ3v) is 3.08. The highest BCUT2D eigenvalue weighted by molar-refractivity contribution is 5.91. The lowest BCUT2D eigenvalue weighted by Crippen LogP contribution is -2.24. The van der Waals surface area contributed by atoms with Crippen molar-refractivity contribution in [2.24, 2.45) is 0 Å². The van der Waals surface area contributed by atoms with E-state index in [0.29, 0.717) is 0 Å². The van der Waals surface area contributed by atoms with E-state index in [1.807, 2.05) is 6.07 Å². The number of rotatable bonds is 3. The number of nitrogens with zero attached hydrogens (tertiary/aromatic N) is 1. The first kappa shape index (κ1) is 12.6. The first-order valence-electron chi connectivity index (χ1n) is 6.06. The second kappa shape index (κ2) is 5.69. The van der Waals surface area contributed by atoms with Crippen LogP contribution in [0.2, 0.25) is 0 Å². The number of fused-ring (bicyclic) bond motifs is 1. The molecule has 1 aliphatic rings. The van der Waals surface area contributed by atoms with E-state index in [0.717, 1.165) is 18.5 Å². The molecule has 0 unspecified atom stereocenters. The molecule has 4 nitrogen and oxygen atoms in total. The van der Waals surface area contributed by atoms with Crippen molar-refractivity contribution >= 4 is 17.7 Å². The number of anilines is 1. The van der Waals surface area contributed by atoms with Crippen LogP contribution in [0.25, 0.3) is 6.08 Å². The minimum absolute atomic E-state index is 0.257. The van der Waals surface area contributed by atoms with Crippen LogP contribution in [-0.4, -0.2) is 26.6 Å². The van der Waals surface area contributed by atoms with Crippen molar-refractivity contribution in [2.75, 3.05) is 25.6 Å². The van der Waals surface area contributed by atoms with Crippen LogP contribution in [0.4, 0.5) is 5.69 Å². The van der Waals surface area contributed by atoms with Crippen LogP contribution in [0.5, 0.6) is 0 Å². The molecule has 0 aliphatic carbocycles. The summed E-state index contributed by atoms with van der Waals surface area (Å²) in [6.07, 6.45) is 5.55. The standard InChI is InChI=1S/C14H18N2O2/c1-16-9-3-4-12-10-11(5-7-13(12)16)6-8-14(17)15-18-2/h5-8,10H,3-4,9H2,1-2H3,(H,15,17). The highest BCUT2D eigenvalue weighted by Gasteiger charge is 2.12. The average molecular weight is 246 g/mol. The maximum atomic E-state index is 11.2. The zero-order chi connectivity index (χ0) is 13.0. The Balaban J connectivity index is 2.14. The third kappa shape index (κ3) is 2.90.